The lowest BCUT2D eigenvalue weighted by molar-refractivity contribution is 0.0693. The summed E-state index contributed by atoms with van der Waals surface area (Å²) in [4.78, 5) is 24.7. The molecule has 2 aromatic carbocycles. The number of fused-ring (bicyclic) bond motifs is 2. The molecule has 0 spiro atoms. The molecule has 0 N–H and O–H groups in total. The van der Waals surface area contributed by atoms with Gasteiger partial charge in [0.15, 0.2) is 0 Å². The van der Waals surface area contributed by atoms with Crippen molar-refractivity contribution in [3.05, 3.63) is 47.5 Å². The second-order valence-electron chi connectivity index (χ2n) is 3.91. The number of benzene rings is 2. The first-order chi connectivity index (χ1) is 7.68. The van der Waals surface area contributed by atoms with Crippen molar-refractivity contribution in [1.82, 2.24) is 4.90 Å². The first-order valence-corrected chi connectivity index (χ1v) is 5.03. The Morgan fingerprint density at radius 1 is 0.875 bits per heavy atom. The molecule has 2 amide bonds. The van der Waals surface area contributed by atoms with Crippen LogP contribution in [0.15, 0.2) is 36.4 Å². The van der Waals surface area contributed by atoms with Gasteiger partial charge in [0.25, 0.3) is 11.8 Å². The van der Waals surface area contributed by atoms with E-state index >= 15 is 0 Å². The Balaban J connectivity index is 2.38. The molecule has 2 aromatic rings. The standard InChI is InChI=1S/C13H9NO2/c1-14-12(15)10-6-8-4-2-3-5-9(8)7-11(10)13(14)16/h2-7H,1H3. The lowest BCUT2D eigenvalue weighted by atomic mass is 10.0. The van der Waals surface area contributed by atoms with Crippen LogP contribution in [0.1, 0.15) is 20.7 Å². The molecule has 0 saturated heterocycles. The molecule has 0 fully saturated rings. The number of rotatable bonds is 0. The number of hydrogen-bond donors (Lipinski definition) is 0. The minimum absolute atomic E-state index is 0.217. The number of nitrogens with zero attached hydrogens (tertiary/aromatic N) is 1. The summed E-state index contributed by atoms with van der Waals surface area (Å²) in [6, 6.07) is 11.3. The van der Waals surface area contributed by atoms with Crippen LogP contribution in [0.2, 0.25) is 0 Å². The summed E-state index contributed by atoms with van der Waals surface area (Å²) in [6.45, 7) is 0. The van der Waals surface area contributed by atoms with Crippen molar-refractivity contribution in [2.45, 2.75) is 0 Å². The Morgan fingerprint density at radius 2 is 1.31 bits per heavy atom. The zero-order valence-corrected chi connectivity index (χ0v) is 8.73. The van der Waals surface area contributed by atoms with E-state index in [1.165, 1.54) is 7.05 Å². The van der Waals surface area contributed by atoms with Crippen molar-refractivity contribution in [3.8, 4) is 0 Å². The quantitative estimate of drug-likeness (QED) is 0.625. The molecule has 3 nitrogen and oxygen atoms in total. The summed E-state index contributed by atoms with van der Waals surface area (Å²) in [7, 11) is 1.51. The molecule has 1 aliphatic heterocycles. The van der Waals surface area contributed by atoms with Crippen molar-refractivity contribution in [1.29, 1.82) is 0 Å². The normalized spacial score (nSPS) is 14.7. The average molecular weight is 211 g/mol. The van der Waals surface area contributed by atoms with Gasteiger partial charge in [-0.3, -0.25) is 14.5 Å². The summed E-state index contributed by atoms with van der Waals surface area (Å²) >= 11 is 0. The van der Waals surface area contributed by atoms with Crippen molar-refractivity contribution in [2.24, 2.45) is 0 Å². The van der Waals surface area contributed by atoms with E-state index in [-0.39, 0.29) is 11.8 Å². The Morgan fingerprint density at radius 3 is 1.75 bits per heavy atom. The maximum Gasteiger partial charge on any atom is 0.261 e. The van der Waals surface area contributed by atoms with Gasteiger partial charge < -0.3 is 0 Å². The molecule has 0 bridgehead atoms. The van der Waals surface area contributed by atoms with E-state index in [9.17, 15) is 9.59 Å². The maximum atomic E-state index is 11.8. The van der Waals surface area contributed by atoms with Gasteiger partial charge in [-0.1, -0.05) is 24.3 Å². The molecular formula is C13H9NO2. The first kappa shape index (κ1) is 9.09. The van der Waals surface area contributed by atoms with E-state index in [1.54, 1.807) is 12.1 Å². The number of carbonyl (C=O) groups excluding carboxylic acids is 2. The third-order valence-electron chi connectivity index (χ3n) is 2.96. The summed E-state index contributed by atoms with van der Waals surface area (Å²) in [5.41, 5.74) is 1.01. The molecule has 0 aromatic heterocycles. The monoisotopic (exact) mass is 211 g/mol. The predicted molar refractivity (Wildman–Crippen MR) is 60.4 cm³/mol. The minimum atomic E-state index is -0.217. The Kier molecular flexibility index (Phi) is 1.66. The van der Waals surface area contributed by atoms with E-state index in [2.05, 4.69) is 0 Å². The van der Waals surface area contributed by atoms with E-state index in [1.807, 2.05) is 24.3 Å². The fourth-order valence-electron chi connectivity index (χ4n) is 2.05. The van der Waals surface area contributed by atoms with Crippen LogP contribution in [0.25, 0.3) is 10.8 Å². The molecule has 16 heavy (non-hydrogen) atoms. The first-order valence-electron chi connectivity index (χ1n) is 5.03. The highest BCUT2D eigenvalue weighted by Gasteiger charge is 2.32. The van der Waals surface area contributed by atoms with E-state index in [0.717, 1.165) is 15.7 Å². The van der Waals surface area contributed by atoms with Crippen molar-refractivity contribution in [2.75, 3.05) is 7.05 Å². The van der Waals surface area contributed by atoms with Crippen LogP contribution in [-0.4, -0.2) is 23.8 Å². The zero-order chi connectivity index (χ0) is 11.3. The third-order valence-corrected chi connectivity index (χ3v) is 2.96. The third kappa shape index (κ3) is 1.03. The van der Waals surface area contributed by atoms with Crippen molar-refractivity contribution in [3.63, 3.8) is 0 Å². The lowest BCUT2D eigenvalue weighted by Crippen LogP contribution is -2.24. The molecule has 0 saturated carbocycles. The largest absolute Gasteiger partial charge is 0.277 e. The topological polar surface area (TPSA) is 37.4 Å². The summed E-state index contributed by atoms with van der Waals surface area (Å²) in [5, 5.41) is 1.97. The average Bonchev–Trinajstić information content (AvgIpc) is 2.52. The number of imide groups is 1. The van der Waals surface area contributed by atoms with Gasteiger partial charge in [0.2, 0.25) is 0 Å². The maximum absolute atomic E-state index is 11.8. The van der Waals surface area contributed by atoms with Gasteiger partial charge in [-0.05, 0) is 22.9 Å². The van der Waals surface area contributed by atoms with Crippen LogP contribution in [-0.2, 0) is 0 Å². The van der Waals surface area contributed by atoms with Crippen molar-refractivity contribution < 1.29 is 9.59 Å². The predicted octanol–water partition coefficient (Wildman–Crippen LogP) is 2.07. The van der Waals surface area contributed by atoms with Crippen LogP contribution >= 0.6 is 0 Å². The van der Waals surface area contributed by atoms with Gasteiger partial charge in [0, 0.05) is 7.05 Å². The smallest absolute Gasteiger partial charge is 0.261 e. The molecule has 0 unspecified atom stereocenters. The number of hydrogen-bond acceptors (Lipinski definition) is 2. The molecule has 3 heteroatoms. The molecule has 0 atom stereocenters. The Bertz CT molecular complexity index is 576. The van der Waals surface area contributed by atoms with Crippen LogP contribution in [0.3, 0.4) is 0 Å². The highest BCUT2D eigenvalue weighted by molar-refractivity contribution is 6.22. The second-order valence-corrected chi connectivity index (χ2v) is 3.91. The molecule has 0 radical (unpaired) electrons. The fraction of sp³-hybridized carbons (Fsp3) is 0.0769. The number of carbonyl (C=O) groups is 2. The van der Waals surface area contributed by atoms with Gasteiger partial charge in [-0.2, -0.15) is 0 Å². The second kappa shape index (κ2) is 2.92. The van der Waals surface area contributed by atoms with Crippen molar-refractivity contribution >= 4 is 22.6 Å². The minimum Gasteiger partial charge on any atom is -0.277 e. The van der Waals surface area contributed by atoms with Crippen LogP contribution in [0.4, 0.5) is 0 Å². The lowest BCUT2D eigenvalue weighted by Gasteiger charge is -2.02. The van der Waals surface area contributed by atoms with Crippen LogP contribution in [0, 0.1) is 0 Å². The molecular weight excluding hydrogens is 202 g/mol. The molecule has 3 rings (SSSR count). The van der Waals surface area contributed by atoms with Gasteiger partial charge in [0.1, 0.15) is 0 Å². The molecule has 1 heterocycles. The SMILES string of the molecule is CN1C(=O)c2cc3ccccc3cc2C1=O. The van der Waals surface area contributed by atoms with Gasteiger partial charge >= 0.3 is 0 Å². The Hall–Kier alpha value is -2.16. The summed E-state index contributed by atoms with van der Waals surface area (Å²) < 4.78 is 0. The van der Waals surface area contributed by atoms with Crippen LogP contribution in [0.5, 0.6) is 0 Å². The fourth-order valence-corrected chi connectivity index (χ4v) is 2.05. The van der Waals surface area contributed by atoms with E-state index < -0.39 is 0 Å². The highest BCUT2D eigenvalue weighted by atomic mass is 16.2. The van der Waals surface area contributed by atoms with E-state index in [4.69, 9.17) is 0 Å². The van der Waals surface area contributed by atoms with Gasteiger partial charge in [-0.25, -0.2) is 0 Å². The molecule has 0 aliphatic carbocycles. The van der Waals surface area contributed by atoms with E-state index in [0.29, 0.717) is 11.1 Å². The van der Waals surface area contributed by atoms with Gasteiger partial charge in [0.05, 0.1) is 11.1 Å². The van der Waals surface area contributed by atoms with Gasteiger partial charge in [-0.15, -0.1) is 0 Å². The number of amides is 2. The van der Waals surface area contributed by atoms with Crippen LogP contribution < -0.4 is 0 Å². The highest BCUT2D eigenvalue weighted by Crippen LogP contribution is 2.26. The Labute approximate surface area is 92.3 Å². The molecule has 78 valence electrons. The molecule has 1 aliphatic rings. The summed E-state index contributed by atoms with van der Waals surface area (Å²) in [6.07, 6.45) is 0. The zero-order valence-electron chi connectivity index (χ0n) is 8.73. The summed E-state index contributed by atoms with van der Waals surface area (Å²) in [5.74, 6) is -0.434.